The number of hydrogen-bond donors (Lipinski definition) is 0. The Morgan fingerprint density at radius 2 is 1.17 bits per heavy atom. The third-order valence-electron chi connectivity index (χ3n) is 4.31. The van der Waals surface area contributed by atoms with Crippen molar-refractivity contribution in [2.24, 2.45) is 0 Å². The molecule has 0 atom stereocenters. The van der Waals surface area contributed by atoms with Crippen LogP contribution in [0.4, 0.5) is 0 Å². The summed E-state index contributed by atoms with van der Waals surface area (Å²) in [5.74, 6) is 0. The van der Waals surface area contributed by atoms with Crippen molar-refractivity contribution in [3.8, 4) is 0 Å². The van der Waals surface area contributed by atoms with Crippen LogP contribution in [-0.2, 0) is 0 Å². The van der Waals surface area contributed by atoms with Gasteiger partial charge in [0.1, 0.15) is 0 Å². The van der Waals surface area contributed by atoms with Gasteiger partial charge in [-0.3, -0.25) is 0 Å². The summed E-state index contributed by atoms with van der Waals surface area (Å²) < 4.78 is 4.58. The van der Waals surface area contributed by atoms with E-state index in [0.717, 1.165) is 0 Å². The molecular weight excluding hydrogens is 398 g/mol. The first-order valence-corrected chi connectivity index (χ1v) is 12.1. The van der Waals surface area contributed by atoms with E-state index < -0.39 is 20.2 Å². The Balaban J connectivity index is 1.97. The van der Waals surface area contributed by atoms with Gasteiger partial charge in [-0.25, -0.2) is 0 Å². The van der Waals surface area contributed by atoms with Gasteiger partial charge in [0.25, 0.3) is 0 Å². The zero-order valence-corrected chi connectivity index (χ0v) is 16.2. The van der Waals surface area contributed by atoms with Crippen molar-refractivity contribution in [2.75, 3.05) is 0 Å². The molecule has 1 heteroatoms. The minimum atomic E-state index is -2.03. The van der Waals surface area contributed by atoms with Crippen LogP contribution in [0.3, 0.4) is 0 Å². The number of benzene rings is 4. The van der Waals surface area contributed by atoms with Crippen molar-refractivity contribution in [3.05, 3.63) is 103 Å². The van der Waals surface area contributed by atoms with E-state index in [1.54, 1.807) is 3.51 Å². The summed E-state index contributed by atoms with van der Waals surface area (Å²) in [6.45, 7) is 2.16. The van der Waals surface area contributed by atoms with Gasteiger partial charge in [-0.15, -0.1) is 0 Å². The molecule has 116 valence electrons. The number of aryl methyl sites for hydroxylation is 1. The molecule has 24 heavy (non-hydrogen) atoms. The van der Waals surface area contributed by atoms with Crippen LogP contribution in [0.25, 0.3) is 10.8 Å². The third-order valence-corrected chi connectivity index (χ3v) is 11.5. The van der Waals surface area contributed by atoms with Gasteiger partial charge in [-0.2, -0.15) is 0 Å². The number of hydrogen-bond acceptors (Lipinski definition) is 0. The quantitative estimate of drug-likeness (QED) is 0.447. The van der Waals surface area contributed by atoms with E-state index in [1.165, 1.54) is 23.4 Å². The summed E-state index contributed by atoms with van der Waals surface area (Å²) in [5.41, 5.74) is 1.32. The normalized spacial score (nSPS) is 11.1. The van der Waals surface area contributed by atoms with E-state index in [0.29, 0.717) is 0 Å². The monoisotopic (exact) mass is 416 g/mol. The van der Waals surface area contributed by atoms with Gasteiger partial charge in [0.05, 0.1) is 0 Å². The first-order chi connectivity index (χ1) is 11.8. The molecule has 0 aliphatic heterocycles. The Morgan fingerprint density at radius 3 is 1.96 bits per heavy atom. The van der Waals surface area contributed by atoms with Crippen molar-refractivity contribution in [3.63, 3.8) is 0 Å². The molecule has 4 aromatic carbocycles. The second-order valence-electron chi connectivity index (χ2n) is 6.00. The van der Waals surface area contributed by atoms with Crippen LogP contribution in [0.1, 0.15) is 5.56 Å². The standard InChI is InChI=1S/C10H7.C7H7.C6H5.Sb/c1-2-6-10-8-4-3-7-9(10)5-1;1-7-5-3-2-4-6-7;1-2-4-6-5-3-1;/h1-7H;3-6H,1H3;1-5H;. The summed E-state index contributed by atoms with van der Waals surface area (Å²) in [4.78, 5) is 0. The molecule has 4 aromatic rings. The van der Waals surface area contributed by atoms with Crippen molar-refractivity contribution < 1.29 is 0 Å². The van der Waals surface area contributed by atoms with Crippen LogP contribution in [0.2, 0.25) is 0 Å². The summed E-state index contributed by atoms with van der Waals surface area (Å²) in [7, 11) is 0. The molecule has 0 radical (unpaired) electrons. The summed E-state index contributed by atoms with van der Waals surface area (Å²) in [5, 5.41) is 2.75. The van der Waals surface area contributed by atoms with Gasteiger partial charge >= 0.3 is 151 Å². The molecule has 0 nitrogen and oxygen atoms in total. The Bertz CT molecular complexity index is 951. The average Bonchev–Trinajstić information content (AvgIpc) is 2.65. The summed E-state index contributed by atoms with van der Waals surface area (Å²) in [6.07, 6.45) is 0. The fourth-order valence-corrected chi connectivity index (χ4v) is 10.1. The molecule has 0 bridgehead atoms. The Morgan fingerprint density at radius 1 is 0.542 bits per heavy atom. The second-order valence-corrected chi connectivity index (χ2v) is 12.2. The predicted octanol–water partition coefficient (Wildman–Crippen LogP) is 3.66. The molecule has 0 aliphatic carbocycles. The molecule has 0 aromatic heterocycles. The van der Waals surface area contributed by atoms with Crippen LogP contribution in [-0.4, -0.2) is 20.2 Å². The van der Waals surface area contributed by atoms with Gasteiger partial charge in [0.2, 0.25) is 0 Å². The minimum absolute atomic E-state index is 1.32. The zero-order valence-electron chi connectivity index (χ0n) is 13.7. The molecule has 0 heterocycles. The van der Waals surface area contributed by atoms with Crippen LogP contribution in [0.5, 0.6) is 0 Å². The SMILES string of the molecule is Cc1cc[c]([Sb]([c]2ccccc2)[c]2cccc3ccccc23)cc1. The first kappa shape index (κ1) is 15.5. The molecule has 0 spiro atoms. The predicted molar refractivity (Wildman–Crippen MR) is 106 cm³/mol. The average molecular weight is 417 g/mol. The van der Waals surface area contributed by atoms with Crippen LogP contribution < -0.4 is 10.5 Å². The second kappa shape index (κ2) is 6.83. The molecule has 0 aliphatic rings. The third kappa shape index (κ3) is 2.99. The molecule has 0 saturated carbocycles. The van der Waals surface area contributed by atoms with Crippen LogP contribution in [0.15, 0.2) is 97.1 Å². The Hall–Kier alpha value is -2.04. The molecule has 4 rings (SSSR count). The van der Waals surface area contributed by atoms with Crippen LogP contribution in [0, 0.1) is 6.92 Å². The van der Waals surface area contributed by atoms with E-state index in [9.17, 15) is 0 Å². The summed E-state index contributed by atoms with van der Waals surface area (Å²) in [6, 6.07) is 35.8. The van der Waals surface area contributed by atoms with Gasteiger partial charge in [-0.1, -0.05) is 0 Å². The summed E-state index contributed by atoms with van der Waals surface area (Å²) >= 11 is -2.03. The zero-order chi connectivity index (χ0) is 16.4. The van der Waals surface area contributed by atoms with Gasteiger partial charge < -0.3 is 0 Å². The number of rotatable bonds is 3. The van der Waals surface area contributed by atoms with E-state index in [4.69, 9.17) is 0 Å². The van der Waals surface area contributed by atoms with Crippen molar-refractivity contribution in [1.29, 1.82) is 0 Å². The van der Waals surface area contributed by atoms with E-state index >= 15 is 0 Å². The van der Waals surface area contributed by atoms with Crippen molar-refractivity contribution in [2.45, 2.75) is 6.92 Å². The number of fused-ring (bicyclic) bond motifs is 1. The molecule has 0 amide bonds. The molecule has 0 fully saturated rings. The van der Waals surface area contributed by atoms with Gasteiger partial charge in [-0.05, 0) is 0 Å². The molecule has 0 saturated heterocycles. The van der Waals surface area contributed by atoms with E-state index in [-0.39, 0.29) is 0 Å². The Kier molecular flexibility index (Phi) is 4.41. The topological polar surface area (TPSA) is 0 Å². The van der Waals surface area contributed by atoms with Gasteiger partial charge in [0, 0.05) is 0 Å². The first-order valence-electron chi connectivity index (χ1n) is 8.22. The maximum absolute atomic E-state index is 2.35. The maximum atomic E-state index is 2.35. The molecule has 0 unspecified atom stereocenters. The van der Waals surface area contributed by atoms with Gasteiger partial charge in [0.15, 0.2) is 0 Å². The molecule has 0 N–H and O–H groups in total. The van der Waals surface area contributed by atoms with E-state index in [1.807, 2.05) is 0 Å². The Labute approximate surface area is 150 Å². The van der Waals surface area contributed by atoms with Crippen molar-refractivity contribution in [1.82, 2.24) is 0 Å². The fraction of sp³-hybridized carbons (Fsp3) is 0.0435. The van der Waals surface area contributed by atoms with Crippen LogP contribution >= 0.6 is 0 Å². The molecular formula is C23H19Sb. The van der Waals surface area contributed by atoms with E-state index in [2.05, 4.69) is 104 Å². The fourth-order valence-electron chi connectivity index (χ4n) is 3.10. The van der Waals surface area contributed by atoms with Crippen molar-refractivity contribution >= 4 is 41.5 Å².